The number of thiazole rings is 1. The van der Waals surface area contributed by atoms with Gasteiger partial charge in [-0.1, -0.05) is 30.3 Å². The summed E-state index contributed by atoms with van der Waals surface area (Å²) in [4.78, 5) is 28.4. The molecular formula is C22H18N2O4S. The first-order chi connectivity index (χ1) is 14.1. The Morgan fingerprint density at radius 1 is 1.21 bits per heavy atom. The number of aromatic nitrogens is 1. The summed E-state index contributed by atoms with van der Waals surface area (Å²) in [6.07, 6.45) is 2.86. The highest BCUT2D eigenvalue weighted by Crippen LogP contribution is 2.24. The number of para-hydroxylation sites is 2. The van der Waals surface area contributed by atoms with Crippen LogP contribution in [0.1, 0.15) is 23.7 Å². The summed E-state index contributed by atoms with van der Waals surface area (Å²) in [6, 6.07) is 16.9. The van der Waals surface area contributed by atoms with E-state index >= 15 is 0 Å². The van der Waals surface area contributed by atoms with Crippen LogP contribution in [0.4, 0.5) is 0 Å². The number of furan rings is 1. The molecule has 0 radical (unpaired) electrons. The van der Waals surface area contributed by atoms with Crippen molar-refractivity contribution in [2.24, 2.45) is 0 Å². The lowest BCUT2D eigenvalue weighted by molar-refractivity contribution is -0.144. The zero-order valence-corrected chi connectivity index (χ0v) is 16.4. The molecule has 29 heavy (non-hydrogen) atoms. The number of amides is 1. The van der Waals surface area contributed by atoms with Crippen LogP contribution in [0.3, 0.4) is 0 Å². The third-order valence-electron chi connectivity index (χ3n) is 4.27. The summed E-state index contributed by atoms with van der Waals surface area (Å²) in [5, 5.41) is 4.43. The van der Waals surface area contributed by atoms with Crippen LogP contribution in [0, 0.1) is 0 Å². The van der Waals surface area contributed by atoms with Crippen LogP contribution in [0.5, 0.6) is 0 Å². The maximum Gasteiger partial charge on any atom is 0.331 e. The van der Waals surface area contributed by atoms with Gasteiger partial charge in [0.25, 0.3) is 5.91 Å². The number of carbonyl (C=O) groups is 2. The minimum atomic E-state index is -0.601. The fourth-order valence-electron chi connectivity index (χ4n) is 2.86. The molecule has 0 aliphatic rings. The molecule has 0 saturated heterocycles. The van der Waals surface area contributed by atoms with Crippen LogP contribution in [0.15, 0.2) is 65.1 Å². The Morgan fingerprint density at radius 2 is 2.00 bits per heavy atom. The monoisotopic (exact) mass is 406 g/mol. The number of hydrogen-bond acceptors (Lipinski definition) is 6. The van der Waals surface area contributed by atoms with Crippen LogP contribution in [0.2, 0.25) is 0 Å². The van der Waals surface area contributed by atoms with Crippen LogP contribution >= 0.6 is 11.3 Å². The highest BCUT2D eigenvalue weighted by atomic mass is 32.1. The summed E-state index contributed by atoms with van der Waals surface area (Å²) in [7, 11) is 0. The molecule has 4 rings (SSSR count). The molecule has 1 N–H and O–H groups in total. The maximum absolute atomic E-state index is 12.1. The van der Waals surface area contributed by atoms with Crippen molar-refractivity contribution < 1.29 is 18.7 Å². The van der Waals surface area contributed by atoms with E-state index in [-0.39, 0.29) is 12.6 Å². The Bertz CT molecular complexity index is 1140. The molecule has 6 nitrogen and oxygen atoms in total. The zero-order chi connectivity index (χ0) is 20.2. The van der Waals surface area contributed by atoms with Gasteiger partial charge in [-0.15, -0.1) is 11.3 Å². The molecular weight excluding hydrogens is 388 g/mol. The van der Waals surface area contributed by atoms with E-state index in [0.29, 0.717) is 10.8 Å². The molecule has 2 aromatic carbocycles. The average molecular weight is 406 g/mol. The molecule has 0 aliphatic heterocycles. The molecule has 0 saturated carbocycles. The van der Waals surface area contributed by atoms with Crippen molar-refractivity contribution in [1.29, 1.82) is 0 Å². The molecule has 1 atom stereocenters. The van der Waals surface area contributed by atoms with Crippen molar-refractivity contribution >= 4 is 50.5 Å². The van der Waals surface area contributed by atoms with Gasteiger partial charge in [0.15, 0.2) is 6.61 Å². The van der Waals surface area contributed by atoms with Gasteiger partial charge < -0.3 is 14.5 Å². The van der Waals surface area contributed by atoms with Crippen molar-refractivity contribution in [3.63, 3.8) is 0 Å². The van der Waals surface area contributed by atoms with E-state index < -0.39 is 11.9 Å². The highest BCUT2D eigenvalue weighted by molar-refractivity contribution is 7.19. The lowest BCUT2D eigenvalue weighted by Gasteiger charge is -2.11. The third-order valence-corrected chi connectivity index (χ3v) is 5.27. The van der Waals surface area contributed by atoms with Gasteiger partial charge in [0, 0.05) is 11.5 Å². The van der Waals surface area contributed by atoms with Crippen LogP contribution in [0.25, 0.3) is 27.3 Å². The molecule has 0 spiro atoms. The Kier molecular flexibility index (Phi) is 5.39. The lowest BCUT2D eigenvalue weighted by Crippen LogP contribution is -2.30. The number of nitrogens with zero attached hydrogens (tertiary/aromatic N) is 1. The number of nitrogens with one attached hydrogen (secondary N) is 1. The van der Waals surface area contributed by atoms with E-state index in [0.717, 1.165) is 21.2 Å². The van der Waals surface area contributed by atoms with Crippen molar-refractivity contribution in [3.8, 4) is 0 Å². The quantitative estimate of drug-likeness (QED) is 0.377. The predicted octanol–water partition coefficient (Wildman–Crippen LogP) is 4.48. The summed E-state index contributed by atoms with van der Waals surface area (Å²) in [5.74, 6) is -0.364. The van der Waals surface area contributed by atoms with Gasteiger partial charge in [-0.3, -0.25) is 4.79 Å². The number of esters is 1. The minimum Gasteiger partial charge on any atom is -0.459 e. The first-order valence-electron chi connectivity index (χ1n) is 9.07. The Labute approximate surface area is 170 Å². The van der Waals surface area contributed by atoms with E-state index in [1.165, 1.54) is 17.4 Å². The van der Waals surface area contributed by atoms with Gasteiger partial charge in [-0.05, 0) is 37.3 Å². The first-order valence-corrected chi connectivity index (χ1v) is 9.88. The molecule has 0 unspecified atom stereocenters. The second-order valence-electron chi connectivity index (χ2n) is 6.44. The van der Waals surface area contributed by atoms with Crippen molar-refractivity contribution in [1.82, 2.24) is 10.3 Å². The predicted molar refractivity (Wildman–Crippen MR) is 112 cm³/mol. The van der Waals surface area contributed by atoms with Gasteiger partial charge in [0.2, 0.25) is 0 Å². The average Bonchev–Trinajstić information content (AvgIpc) is 3.34. The third kappa shape index (κ3) is 4.52. The van der Waals surface area contributed by atoms with E-state index in [4.69, 9.17) is 9.15 Å². The number of carbonyl (C=O) groups excluding carboxylic acids is 2. The minimum absolute atomic E-state index is 0.341. The van der Waals surface area contributed by atoms with Gasteiger partial charge >= 0.3 is 5.97 Å². The SMILES string of the molecule is C[C@@H](NC(=O)COC(=O)/C=C/c1nc2ccccc2s1)c1cc2ccccc2o1. The fourth-order valence-corrected chi connectivity index (χ4v) is 3.73. The zero-order valence-electron chi connectivity index (χ0n) is 15.6. The van der Waals surface area contributed by atoms with Crippen molar-refractivity contribution in [2.75, 3.05) is 6.61 Å². The second kappa shape index (κ2) is 8.28. The summed E-state index contributed by atoms with van der Waals surface area (Å²) in [5.41, 5.74) is 1.64. The molecule has 0 bridgehead atoms. The molecule has 1 amide bonds. The number of rotatable bonds is 6. The fraction of sp³-hybridized carbons (Fsp3) is 0.136. The molecule has 146 valence electrons. The van der Waals surface area contributed by atoms with Crippen molar-refractivity contribution in [3.05, 3.63) is 71.4 Å². The summed E-state index contributed by atoms with van der Waals surface area (Å²) < 4.78 is 11.8. The van der Waals surface area contributed by atoms with E-state index in [2.05, 4.69) is 10.3 Å². The molecule has 4 aromatic rings. The molecule has 2 aromatic heterocycles. The van der Waals surface area contributed by atoms with Gasteiger partial charge in [0.1, 0.15) is 16.4 Å². The number of ether oxygens (including phenoxy) is 1. The van der Waals surface area contributed by atoms with E-state index in [9.17, 15) is 9.59 Å². The maximum atomic E-state index is 12.1. The standard InChI is InChI=1S/C22H18N2O4S/c1-14(18-12-15-6-2-4-8-17(15)28-18)23-20(25)13-27-22(26)11-10-21-24-16-7-3-5-9-19(16)29-21/h2-12,14H,13H2,1H3,(H,23,25)/b11-10+/t14-/m1/s1. The molecule has 0 fully saturated rings. The topological polar surface area (TPSA) is 81.4 Å². The second-order valence-corrected chi connectivity index (χ2v) is 7.50. The van der Waals surface area contributed by atoms with Gasteiger partial charge in [-0.25, -0.2) is 9.78 Å². The smallest absolute Gasteiger partial charge is 0.331 e. The first kappa shape index (κ1) is 18.9. The number of benzene rings is 2. The highest BCUT2D eigenvalue weighted by Gasteiger charge is 2.15. The van der Waals surface area contributed by atoms with E-state index in [1.807, 2.05) is 61.5 Å². The molecule has 7 heteroatoms. The molecule has 0 aliphatic carbocycles. The Balaban J connectivity index is 1.28. The van der Waals surface area contributed by atoms with E-state index in [1.54, 1.807) is 6.08 Å². The largest absolute Gasteiger partial charge is 0.459 e. The van der Waals surface area contributed by atoms with Crippen LogP contribution in [-0.2, 0) is 14.3 Å². The summed E-state index contributed by atoms with van der Waals surface area (Å²) in [6.45, 7) is 1.44. The lowest BCUT2D eigenvalue weighted by atomic mass is 10.2. The summed E-state index contributed by atoms with van der Waals surface area (Å²) >= 11 is 1.48. The normalized spacial score (nSPS) is 12.4. The van der Waals surface area contributed by atoms with Crippen molar-refractivity contribution in [2.45, 2.75) is 13.0 Å². The number of hydrogen-bond donors (Lipinski definition) is 1. The Hall–Kier alpha value is -3.45. The van der Waals surface area contributed by atoms with Gasteiger partial charge in [-0.2, -0.15) is 0 Å². The van der Waals surface area contributed by atoms with Gasteiger partial charge in [0.05, 0.1) is 16.3 Å². The number of fused-ring (bicyclic) bond motifs is 2. The van der Waals surface area contributed by atoms with Crippen LogP contribution < -0.4 is 5.32 Å². The van der Waals surface area contributed by atoms with Crippen LogP contribution in [-0.4, -0.2) is 23.5 Å². The molecule has 2 heterocycles. The Morgan fingerprint density at radius 3 is 2.83 bits per heavy atom.